The average Bonchev–Trinajstić information content (AvgIpc) is 1.53. The van der Waals surface area contributed by atoms with E-state index in [2.05, 4.69) is 295 Å². The molecule has 1 N–H and O–H groups in total. The molecule has 21 rings (SSSR count). The van der Waals surface area contributed by atoms with Crippen LogP contribution in [0.2, 0.25) is 0 Å². The highest BCUT2D eigenvalue weighted by Gasteiger charge is 2.53. The first-order chi connectivity index (χ1) is 51.6. The first-order valence-electron chi connectivity index (χ1n) is 36.5. The van der Waals surface area contributed by atoms with Crippen molar-refractivity contribution < 1.29 is 14.4 Å². The molecule has 0 radical (unpaired) electrons. The molecule has 8 aromatic heterocycles. The van der Waals surface area contributed by atoms with Crippen LogP contribution in [0.4, 0.5) is 0 Å². The molecular formula is C93H69Cl2N8O2+. The summed E-state index contributed by atoms with van der Waals surface area (Å²) in [5.74, 6) is 0.772. The molecule has 105 heavy (non-hydrogen) atoms. The summed E-state index contributed by atoms with van der Waals surface area (Å²) in [6, 6.07) is 86.1. The van der Waals surface area contributed by atoms with Crippen LogP contribution in [0.3, 0.4) is 0 Å². The first kappa shape index (κ1) is 62.0. The normalized spacial score (nSPS) is 15.6. The number of aliphatic hydroxyl groups is 1. The number of aliphatic hydroxyl groups excluding tert-OH is 1. The number of pyridine rings is 4. The lowest BCUT2D eigenvalue weighted by molar-refractivity contribution is -0.672. The van der Waals surface area contributed by atoms with E-state index in [1.807, 2.05) is 10.8 Å². The van der Waals surface area contributed by atoms with E-state index in [-0.39, 0.29) is 6.61 Å². The summed E-state index contributed by atoms with van der Waals surface area (Å²) in [5.41, 5.74) is 27.8. The zero-order valence-corrected chi connectivity index (χ0v) is 60.1. The van der Waals surface area contributed by atoms with Gasteiger partial charge in [-0.15, -0.1) is 0 Å². The van der Waals surface area contributed by atoms with Gasteiger partial charge in [0.05, 0.1) is 35.9 Å². The van der Waals surface area contributed by atoms with Gasteiger partial charge in [0, 0.05) is 177 Å². The lowest BCUT2D eigenvalue weighted by Gasteiger charge is -2.34. The maximum absolute atomic E-state index is 10.8. The van der Waals surface area contributed by atoms with Gasteiger partial charge in [-0.25, -0.2) is 4.98 Å². The van der Waals surface area contributed by atoms with Gasteiger partial charge in [0.25, 0.3) is 0 Å². The lowest BCUT2D eigenvalue weighted by atomic mass is 9.67. The Bertz CT molecular complexity index is 6800. The van der Waals surface area contributed by atoms with Crippen LogP contribution < -0.4 is 9.30 Å². The largest absolute Gasteiger partial charge is 0.497 e. The molecule has 18 aromatic rings. The van der Waals surface area contributed by atoms with E-state index in [4.69, 9.17) is 42.9 Å². The fourth-order valence-corrected chi connectivity index (χ4v) is 19.5. The maximum Gasteiger partial charge on any atom is 0.310 e. The van der Waals surface area contributed by atoms with E-state index in [1.165, 1.54) is 43.6 Å². The monoisotopic (exact) mass is 1400 g/mol. The van der Waals surface area contributed by atoms with Gasteiger partial charge in [0.2, 0.25) is 5.69 Å². The topological polar surface area (TPSA) is 91.7 Å². The molecule has 0 spiro atoms. The van der Waals surface area contributed by atoms with Crippen molar-refractivity contribution in [2.24, 2.45) is 0 Å². The zero-order valence-electron chi connectivity index (χ0n) is 58.6. The van der Waals surface area contributed by atoms with Crippen LogP contribution in [0, 0.1) is 0 Å². The van der Waals surface area contributed by atoms with E-state index in [1.54, 1.807) is 7.11 Å². The number of ether oxygens (including phenoxy) is 1. The highest BCUT2D eigenvalue weighted by Crippen LogP contribution is 2.60. The van der Waals surface area contributed by atoms with Crippen molar-refractivity contribution in [3.05, 3.63) is 305 Å². The summed E-state index contributed by atoms with van der Waals surface area (Å²) >= 11 is 14.9. The fourth-order valence-electron chi connectivity index (χ4n) is 19.2. The summed E-state index contributed by atoms with van der Waals surface area (Å²) in [6.45, 7) is 12.0. The second-order valence-corrected chi connectivity index (χ2v) is 29.6. The number of rotatable bonds is 11. The molecule has 506 valence electrons. The molecule has 3 aliphatic carbocycles. The molecule has 0 amide bonds. The van der Waals surface area contributed by atoms with E-state index in [0.29, 0.717) is 0 Å². The molecule has 8 heterocycles. The first-order valence-corrected chi connectivity index (χ1v) is 37.3. The standard InChI is InChI=1S/C93H69Cl2N8O2/c1-6-99-79-16-12-10-14-67(79)69-38-54(20-32-81(69)99)58-42-75-87(96-48-58)88-76-43-59(49-97-88)55-21-33-84-72(39-55)74-47-65(29-37-86(74)102(84)9-4)93(62-24-18-53(52-104)19-25-62)77-44-60(56-22-34-83-71(40-56)73-46-64(28-36-85(73)101(83)8-3)92(75,76)63-26-30-66(105-5)31-27-63)50-98-89(77)90-78(93)45-61(51-103(90)91(94)95)57-23-35-82-70(41-57)68-15-11-13-17-80(68)100(82)7-2/h10-51,91,104H,6-9,52H2,1-5H3/q+1/t92-,93+/m0/s1. The van der Waals surface area contributed by atoms with Gasteiger partial charge in [-0.2, -0.15) is 4.57 Å². The second-order valence-electron chi connectivity index (χ2n) is 28.5. The molecule has 0 fully saturated rings. The summed E-state index contributed by atoms with van der Waals surface area (Å²) in [4.78, 5) is 15.9. The molecule has 0 aliphatic heterocycles. The van der Waals surface area contributed by atoms with E-state index in [9.17, 15) is 5.11 Å². The summed E-state index contributed by atoms with van der Waals surface area (Å²) in [7, 11) is 1.73. The molecule has 12 bridgehead atoms. The SMILES string of the molecule is CCn1c2ccccc2c2cc(-c3cnc4c(c3)[C@]3(c5ccc(OC)cc5)c5ccc6c(c5)c5cc(ccc5n6CC)-c5cnc6c(c5)[C@@](c5ccc(CO)cc5)(c5ccc7c(c5)c5cc(ccc5n7CC)-c5cnc-4c3c5)c3cc(-c4ccc5c(c4)c4ccccc4n5CC)c[n+](C(Cl)Cl)c3-6)ccc21. The van der Waals surface area contributed by atoms with E-state index >= 15 is 0 Å². The van der Waals surface area contributed by atoms with Crippen molar-refractivity contribution >= 4 is 110 Å². The number of alkyl halides is 2. The predicted octanol–water partition coefficient (Wildman–Crippen LogP) is 21.8. The van der Waals surface area contributed by atoms with Crippen LogP contribution in [0.1, 0.15) is 82.7 Å². The second kappa shape index (κ2) is 22.9. The molecule has 10 nitrogen and oxygen atoms in total. The quantitative estimate of drug-likeness (QED) is 0.103. The van der Waals surface area contributed by atoms with Gasteiger partial charge in [0.1, 0.15) is 11.4 Å². The number of nitrogens with zero attached hydrogens (tertiary/aromatic N) is 8. The Balaban J connectivity index is 0.868. The molecular weight excluding hydrogens is 1330 g/mol. The Kier molecular flexibility index (Phi) is 13.5. The summed E-state index contributed by atoms with van der Waals surface area (Å²) < 4.78 is 17.7. The third-order valence-electron chi connectivity index (χ3n) is 23.9. The minimum absolute atomic E-state index is 0.103. The van der Waals surface area contributed by atoms with Crippen LogP contribution >= 0.6 is 23.2 Å². The van der Waals surface area contributed by atoms with Crippen molar-refractivity contribution in [1.29, 1.82) is 0 Å². The molecule has 10 aromatic carbocycles. The Morgan fingerprint density at radius 1 is 0.362 bits per heavy atom. The van der Waals surface area contributed by atoms with Crippen molar-refractivity contribution in [1.82, 2.24) is 33.2 Å². The molecule has 12 heteroatoms. The van der Waals surface area contributed by atoms with Crippen molar-refractivity contribution in [3.8, 4) is 73.0 Å². The smallest absolute Gasteiger partial charge is 0.310 e. The molecule has 0 saturated carbocycles. The van der Waals surface area contributed by atoms with E-state index in [0.717, 1.165) is 193 Å². The lowest BCUT2D eigenvalue weighted by Crippen LogP contribution is -2.38. The number of hydrogen-bond donors (Lipinski definition) is 1. The molecule has 0 saturated heterocycles. The van der Waals surface area contributed by atoms with Crippen LogP contribution in [0.5, 0.6) is 5.75 Å². The van der Waals surface area contributed by atoms with Crippen molar-refractivity contribution in [2.75, 3.05) is 7.11 Å². The Labute approximate surface area is 615 Å². The third kappa shape index (κ3) is 8.41. The van der Waals surface area contributed by atoms with Crippen LogP contribution in [-0.4, -0.2) is 45.4 Å². The number of aromatic nitrogens is 8. The van der Waals surface area contributed by atoms with Gasteiger partial charge in [-0.3, -0.25) is 9.97 Å². The maximum atomic E-state index is 10.8. The molecule has 3 aliphatic rings. The predicted molar refractivity (Wildman–Crippen MR) is 428 cm³/mol. The molecule has 2 atom stereocenters. The minimum atomic E-state index is -1.05. The Hall–Kier alpha value is -11.7. The Morgan fingerprint density at radius 3 is 1.12 bits per heavy atom. The van der Waals surface area contributed by atoms with Crippen LogP contribution in [0.25, 0.3) is 155 Å². The van der Waals surface area contributed by atoms with Gasteiger partial charge in [-0.1, -0.05) is 109 Å². The number of hydrogen-bond acceptors (Lipinski definition) is 5. The highest BCUT2D eigenvalue weighted by atomic mass is 35.5. The van der Waals surface area contributed by atoms with Gasteiger partial charge in [0.15, 0.2) is 6.20 Å². The summed E-state index contributed by atoms with van der Waals surface area (Å²) in [5, 5.41) is 20.1. The molecule has 0 unspecified atom stereocenters. The fraction of sp³-hybridized carbons (Fsp3) is 0.140. The Morgan fingerprint density at radius 2 is 0.705 bits per heavy atom. The van der Waals surface area contributed by atoms with Crippen molar-refractivity contribution in [2.45, 2.75) is 76.3 Å². The number of aryl methyl sites for hydroxylation is 4. The van der Waals surface area contributed by atoms with Crippen molar-refractivity contribution in [3.63, 3.8) is 0 Å². The summed E-state index contributed by atoms with van der Waals surface area (Å²) in [6.07, 6.45) is 8.27. The van der Waals surface area contributed by atoms with Gasteiger partial charge < -0.3 is 28.1 Å². The number of benzene rings is 10. The number of halogens is 2. The van der Waals surface area contributed by atoms with Gasteiger partial charge >= 0.3 is 4.96 Å². The number of methoxy groups -OCH3 is 1. The third-order valence-corrected chi connectivity index (χ3v) is 24.3. The average molecular weight is 1400 g/mol. The van der Waals surface area contributed by atoms with E-state index < -0.39 is 15.8 Å². The van der Waals surface area contributed by atoms with Crippen LogP contribution in [0.15, 0.2) is 255 Å². The van der Waals surface area contributed by atoms with Gasteiger partial charge in [-0.05, 0) is 222 Å². The number of para-hydroxylation sites is 2. The number of fused-ring (bicyclic) bond motifs is 22. The van der Waals surface area contributed by atoms with Crippen LogP contribution in [-0.2, 0) is 43.6 Å². The highest BCUT2D eigenvalue weighted by molar-refractivity contribution is 6.40. The minimum Gasteiger partial charge on any atom is -0.497 e. The zero-order chi connectivity index (χ0) is 70.5.